The fraction of sp³-hybridized carbons (Fsp3) is 0.273. The summed E-state index contributed by atoms with van der Waals surface area (Å²) in [6.45, 7) is 5.50. The summed E-state index contributed by atoms with van der Waals surface area (Å²) in [5.41, 5.74) is 1.58. The number of rotatable bonds is 8. The molecule has 0 aliphatic rings. The molecule has 0 aliphatic carbocycles. The van der Waals surface area contributed by atoms with Gasteiger partial charge in [0.2, 0.25) is 11.7 Å². The smallest absolute Gasteiger partial charge is 0.344 e. The minimum Gasteiger partial charge on any atom is -0.479 e. The molecular formula is C22H20ClN3O6. The van der Waals surface area contributed by atoms with Crippen LogP contribution in [-0.2, 0) is 4.79 Å². The summed E-state index contributed by atoms with van der Waals surface area (Å²) in [5, 5.41) is 14.3. The first-order valence-electron chi connectivity index (χ1n) is 9.93. The van der Waals surface area contributed by atoms with Gasteiger partial charge < -0.3 is 23.5 Å². The van der Waals surface area contributed by atoms with Gasteiger partial charge in [-0.3, -0.25) is 0 Å². The monoisotopic (exact) mass is 457 g/mol. The number of carboxylic acids is 1. The number of hydrogen-bond acceptors (Lipinski definition) is 8. The summed E-state index contributed by atoms with van der Waals surface area (Å²) in [5.74, 6) is 0.161. The Morgan fingerprint density at radius 3 is 2.75 bits per heavy atom. The van der Waals surface area contributed by atoms with Gasteiger partial charge in [-0.1, -0.05) is 23.7 Å². The lowest BCUT2D eigenvalue weighted by molar-refractivity contribution is -0.145. The zero-order valence-corrected chi connectivity index (χ0v) is 18.3. The molecule has 166 valence electrons. The maximum absolute atomic E-state index is 11.3. The van der Waals surface area contributed by atoms with E-state index in [0.717, 1.165) is 0 Å². The second kappa shape index (κ2) is 8.88. The minimum atomic E-state index is -1.05. The van der Waals surface area contributed by atoms with Crippen LogP contribution in [0.4, 0.5) is 0 Å². The third-order valence-electron chi connectivity index (χ3n) is 4.56. The van der Waals surface area contributed by atoms with Crippen LogP contribution in [0.15, 0.2) is 45.7 Å². The van der Waals surface area contributed by atoms with Gasteiger partial charge in [0.05, 0.1) is 17.9 Å². The van der Waals surface area contributed by atoms with Crippen molar-refractivity contribution in [3.63, 3.8) is 0 Å². The number of carbonyl (C=O) groups is 1. The Kier molecular flexibility index (Phi) is 6.00. The Balaban J connectivity index is 1.66. The fourth-order valence-electron chi connectivity index (χ4n) is 3.09. The molecule has 4 aromatic rings. The van der Waals surface area contributed by atoms with Crippen molar-refractivity contribution in [1.29, 1.82) is 0 Å². The molecule has 1 unspecified atom stereocenters. The highest BCUT2D eigenvalue weighted by Crippen LogP contribution is 2.36. The number of aromatic nitrogens is 3. The number of benzene rings is 1. The molecule has 32 heavy (non-hydrogen) atoms. The van der Waals surface area contributed by atoms with Crippen molar-refractivity contribution in [2.75, 3.05) is 0 Å². The van der Waals surface area contributed by atoms with Gasteiger partial charge in [0, 0.05) is 17.1 Å². The lowest BCUT2D eigenvalue weighted by Crippen LogP contribution is -2.25. The first kappa shape index (κ1) is 21.6. The molecule has 3 aromatic heterocycles. The van der Waals surface area contributed by atoms with Crippen LogP contribution in [0.5, 0.6) is 11.6 Å². The number of ether oxygens (including phenoxy) is 2. The van der Waals surface area contributed by atoms with E-state index in [9.17, 15) is 9.90 Å². The summed E-state index contributed by atoms with van der Waals surface area (Å²) in [6, 6.07) is 6.72. The molecule has 9 nitrogen and oxygen atoms in total. The summed E-state index contributed by atoms with van der Waals surface area (Å²) >= 11 is 6.26. The number of halogens is 1. The van der Waals surface area contributed by atoms with Crippen molar-refractivity contribution in [2.45, 2.75) is 39.4 Å². The summed E-state index contributed by atoms with van der Waals surface area (Å²) < 4.78 is 22.1. The number of fused-ring (bicyclic) bond motifs is 1. The largest absolute Gasteiger partial charge is 0.479 e. The maximum atomic E-state index is 11.3. The lowest BCUT2D eigenvalue weighted by Gasteiger charge is -2.13. The SMILES string of the molecule is CCC(Oc1ccc(-c2noc(-c3cnc(OC(C)C)c(Cl)c3)n2)c2ccoc12)C(=O)O. The standard InChI is InChI=1S/C22H20ClN3O6/c1-4-16(22(27)28)31-17-6-5-14(13-7-8-29-18(13)17)19-25-20(32-26-19)12-9-15(23)21(24-10-12)30-11(2)3/h5-11,16H,4H2,1-3H3,(H,27,28). The minimum absolute atomic E-state index is 0.0618. The number of pyridine rings is 1. The molecular weight excluding hydrogens is 438 g/mol. The van der Waals surface area contributed by atoms with Gasteiger partial charge in [0.15, 0.2) is 17.4 Å². The van der Waals surface area contributed by atoms with Gasteiger partial charge in [0.25, 0.3) is 5.89 Å². The van der Waals surface area contributed by atoms with Crippen molar-refractivity contribution in [3.8, 4) is 34.5 Å². The first-order valence-corrected chi connectivity index (χ1v) is 10.3. The molecule has 0 aliphatic heterocycles. The van der Waals surface area contributed by atoms with Crippen LogP contribution in [0.25, 0.3) is 33.8 Å². The van der Waals surface area contributed by atoms with E-state index >= 15 is 0 Å². The second-order valence-corrected chi connectivity index (χ2v) is 7.64. The summed E-state index contributed by atoms with van der Waals surface area (Å²) in [6.07, 6.45) is 2.30. The van der Waals surface area contributed by atoms with Crippen LogP contribution in [0.1, 0.15) is 27.2 Å². The molecule has 0 bridgehead atoms. The first-order chi connectivity index (χ1) is 15.4. The molecule has 0 radical (unpaired) electrons. The number of hydrogen-bond donors (Lipinski definition) is 1. The van der Waals surface area contributed by atoms with E-state index in [0.29, 0.717) is 51.0 Å². The molecule has 0 saturated carbocycles. The van der Waals surface area contributed by atoms with Crippen LogP contribution in [0.2, 0.25) is 5.02 Å². The number of furan rings is 1. The summed E-state index contributed by atoms with van der Waals surface area (Å²) in [4.78, 5) is 20.0. The normalized spacial score (nSPS) is 12.3. The Morgan fingerprint density at radius 1 is 1.25 bits per heavy atom. The molecule has 1 aromatic carbocycles. The highest BCUT2D eigenvalue weighted by atomic mass is 35.5. The lowest BCUT2D eigenvalue weighted by atomic mass is 10.1. The van der Waals surface area contributed by atoms with E-state index < -0.39 is 12.1 Å². The van der Waals surface area contributed by atoms with E-state index in [-0.39, 0.29) is 12.0 Å². The van der Waals surface area contributed by atoms with Crippen LogP contribution >= 0.6 is 11.6 Å². The Hall–Kier alpha value is -3.59. The third kappa shape index (κ3) is 4.24. The quantitative estimate of drug-likeness (QED) is 0.379. The molecule has 0 saturated heterocycles. The van der Waals surface area contributed by atoms with E-state index in [1.54, 1.807) is 37.4 Å². The Bertz CT molecular complexity index is 1270. The number of aliphatic carboxylic acids is 1. The predicted molar refractivity (Wildman–Crippen MR) is 116 cm³/mol. The van der Waals surface area contributed by atoms with Crippen molar-refractivity contribution in [1.82, 2.24) is 15.1 Å². The van der Waals surface area contributed by atoms with Crippen molar-refractivity contribution in [3.05, 3.63) is 41.7 Å². The molecule has 0 fully saturated rings. The average Bonchev–Trinajstić information content (AvgIpc) is 3.43. The predicted octanol–water partition coefficient (Wildman–Crippen LogP) is 5.23. The Morgan fingerprint density at radius 2 is 2.06 bits per heavy atom. The van der Waals surface area contributed by atoms with E-state index in [4.69, 9.17) is 30.0 Å². The molecule has 0 spiro atoms. The zero-order chi connectivity index (χ0) is 22.8. The van der Waals surface area contributed by atoms with Gasteiger partial charge in [-0.05, 0) is 44.5 Å². The summed E-state index contributed by atoms with van der Waals surface area (Å²) in [7, 11) is 0. The molecule has 1 N–H and O–H groups in total. The second-order valence-electron chi connectivity index (χ2n) is 7.23. The molecule has 10 heteroatoms. The number of carboxylic acid groups (broad SMARTS) is 1. The highest BCUT2D eigenvalue weighted by Gasteiger charge is 2.22. The van der Waals surface area contributed by atoms with Crippen LogP contribution in [0, 0.1) is 0 Å². The van der Waals surface area contributed by atoms with Crippen molar-refractivity contribution < 1.29 is 28.3 Å². The van der Waals surface area contributed by atoms with Crippen molar-refractivity contribution in [2.24, 2.45) is 0 Å². The Labute approximate surface area is 187 Å². The third-order valence-corrected chi connectivity index (χ3v) is 4.84. The van der Waals surface area contributed by atoms with Gasteiger partial charge in [-0.2, -0.15) is 4.98 Å². The van der Waals surface area contributed by atoms with Crippen molar-refractivity contribution >= 4 is 28.5 Å². The molecule has 3 heterocycles. The van der Waals surface area contributed by atoms with Crippen LogP contribution in [0.3, 0.4) is 0 Å². The topological polar surface area (TPSA) is 121 Å². The molecule has 1 atom stereocenters. The van der Waals surface area contributed by atoms with E-state index in [2.05, 4.69) is 15.1 Å². The van der Waals surface area contributed by atoms with Crippen LogP contribution < -0.4 is 9.47 Å². The van der Waals surface area contributed by atoms with Gasteiger partial charge in [-0.25, -0.2) is 9.78 Å². The van der Waals surface area contributed by atoms with Crippen LogP contribution in [-0.4, -0.2) is 38.4 Å². The molecule has 4 rings (SSSR count). The van der Waals surface area contributed by atoms with E-state index in [1.165, 1.54) is 6.26 Å². The average molecular weight is 458 g/mol. The van der Waals surface area contributed by atoms with Gasteiger partial charge >= 0.3 is 5.97 Å². The zero-order valence-electron chi connectivity index (χ0n) is 17.5. The molecule has 0 amide bonds. The maximum Gasteiger partial charge on any atom is 0.344 e. The highest BCUT2D eigenvalue weighted by molar-refractivity contribution is 6.32. The van der Waals surface area contributed by atoms with Gasteiger partial charge in [-0.15, -0.1) is 0 Å². The van der Waals surface area contributed by atoms with Gasteiger partial charge in [0.1, 0.15) is 5.02 Å². The number of nitrogens with zero attached hydrogens (tertiary/aromatic N) is 3. The van der Waals surface area contributed by atoms with E-state index in [1.807, 2.05) is 13.8 Å². The fourth-order valence-corrected chi connectivity index (χ4v) is 3.30.